The Bertz CT molecular complexity index is 1170. The van der Waals surface area contributed by atoms with Crippen LogP contribution in [-0.2, 0) is 4.74 Å². The molecule has 0 saturated carbocycles. The van der Waals surface area contributed by atoms with Crippen molar-refractivity contribution in [2.75, 3.05) is 20.8 Å². The number of aliphatic hydroxyl groups is 4. The SMILES string of the molecule is COc1cc(OC)c2c(=O)c(-c3ccc(O[C@@H]4O[C@@H](CO)[C@@H](O)[C@@H](O)[C@H]4O)cc3)coc2c1. The number of aliphatic hydroxyl groups excluding tert-OH is 4. The Balaban J connectivity index is 1.61. The topological polar surface area (TPSA) is 148 Å². The molecule has 4 N–H and O–H groups in total. The van der Waals surface area contributed by atoms with Gasteiger partial charge in [0, 0.05) is 12.1 Å². The summed E-state index contributed by atoms with van der Waals surface area (Å²) < 4.78 is 27.1. The lowest BCUT2D eigenvalue weighted by atomic mass is 9.99. The van der Waals surface area contributed by atoms with Crippen molar-refractivity contribution in [3.63, 3.8) is 0 Å². The van der Waals surface area contributed by atoms with Gasteiger partial charge in [0.05, 0.1) is 26.4 Å². The predicted molar refractivity (Wildman–Crippen MR) is 115 cm³/mol. The summed E-state index contributed by atoms with van der Waals surface area (Å²) in [7, 11) is 2.95. The highest BCUT2D eigenvalue weighted by Crippen LogP contribution is 2.32. The minimum absolute atomic E-state index is 0.274. The summed E-state index contributed by atoms with van der Waals surface area (Å²) in [5.74, 6) is 1.09. The number of rotatable bonds is 6. The van der Waals surface area contributed by atoms with Gasteiger partial charge < -0.3 is 43.8 Å². The van der Waals surface area contributed by atoms with Crippen LogP contribution in [0.3, 0.4) is 0 Å². The first-order chi connectivity index (χ1) is 15.9. The number of ether oxygens (including phenoxy) is 4. The lowest BCUT2D eigenvalue weighted by molar-refractivity contribution is -0.277. The molecule has 10 nitrogen and oxygen atoms in total. The van der Waals surface area contributed by atoms with E-state index >= 15 is 0 Å². The fraction of sp³-hybridized carbons (Fsp3) is 0.348. The van der Waals surface area contributed by atoms with E-state index in [0.717, 1.165) is 0 Å². The van der Waals surface area contributed by atoms with Crippen LogP contribution >= 0.6 is 0 Å². The van der Waals surface area contributed by atoms with Crippen LogP contribution in [0.1, 0.15) is 0 Å². The molecule has 0 unspecified atom stereocenters. The predicted octanol–water partition coefficient (Wildman–Crippen LogP) is 0.656. The highest BCUT2D eigenvalue weighted by Gasteiger charge is 2.44. The second-order valence-corrected chi connectivity index (χ2v) is 7.52. The van der Waals surface area contributed by atoms with E-state index in [2.05, 4.69) is 0 Å². The van der Waals surface area contributed by atoms with Gasteiger partial charge in [0.15, 0.2) is 0 Å². The summed E-state index contributed by atoms with van der Waals surface area (Å²) in [5.41, 5.74) is 0.871. The number of hydrogen-bond donors (Lipinski definition) is 4. The smallest absolute Gasteiger partial charge is 0.229 e. The van der Waals surface area contributed by atoms with Gasteiger partial charge in [0.1, 0.15) is 58.9 Å². The zero-order valence-electron chi connectivity index (χ0n) is 17.9. The monoisotopic (exact) mass is 460 g/mol. The average Bonchev–Trinajstić information content (AvgIpc) is 2.84. The average molecular weight is 460 g/mol. The molecule has 0 aliphatic carbocycles. The summed E-state index contributed by atoms with van der Waals surface area (Å²) in [4.78, 5) is 13.1. The molecule has 10 heteroatoms. The van der Waals surface area contributed by atoms with Crippen LogP contribution in [0.25, 0.3) is 22.1 Å². The summed E-state index contributed by atoms with van der Waals surface area (Å²) in [6.07, 6.45) is -5.59. The van der Waals surface area contributed by atoms with E-state index in [4.69, 9.17) is 23.4 Å². The fourth-order valence-electron chi connectivity index (χ4n) is 3.68. The molecule has 3 aromatic rings. The number of methoxy groups -OCH3 is 2. The summed E-state index contributed by atoms with van der Waals surface area (Å²) in [5, 5.41) is 39.5. The van der Waals surface area contributed by atoms with Crippen molar-refractivity contribution < 1.29 is 43.8 Å². The molecule has 33 heavy (non-hydrogen) atoms. The molecule has 2 heterocycles. The molecule has 5 atom stereocenters. The molecule has 1 aliphatic heterocycles. The quantitative estimate of drug-likeness (QED) is 0.413. The van der Waals surface area contributed by atoms with Crippen LogP contribution in [0, 0.1) is 0 Å². The van der Waals surface area contributed by atoms with Crippen LogP contribution < -0.4 is 19.6 Å². The first-order valence-electron chi connectivity index (χ1n) is 10.1. The maximum atomic E-state index is 13.1. The van der Waals surface area contributed by atoms with Crippen molar-refractivity contribution >= 4 is 11.0 Å². The van der Waals surface area contributed by atoms with Gasteiger partial charge >= 0.3 is 0 Å². The molecule has 176 valence electrons. The Hall–Kier alpha value is -3.15. The molecule has 0 amide bonds. The van der Waals surface area contributed by atoms with Gasteiger partial charge in [-0.25, -0.2) is 0 Å². The Morgan fingerprint density at radius 2 is 1.67 bits per heavy atom. The zero-order chi connectivity index (χ0) is 23.7. The second kappa shape index (κ2) is 9.38. The first-order valence-corrected chi connectivity index (χ1v) is 10.1. The molecule has 0 bridgehead atoms. The third-order valence-electron chi connectivity index (χ3n) is 5.54. The highest BCUT2D eigenvalue weighted by molar-refractivity contribution is 5.88. The van der Waals surface area contributed by atoms with E-state index in [9.17, 15) is 25.2 Å². The zero-order valence-corrected chi connectivity index (χ0v) is 17.9. The molecule has 1 fully saturated rings. The molecular weight excluding hydrogens is 436 g/mol. The van der Waals surface area contributed by atoms with E-state index in [1.54, 1.807) is 36.4 Å². The Kier molecular flexibility index (Phi) is 6.54. The first kappa shape index (κ1) is 23.0. The van der Waals surface area contributed by atoms with Gasteiger partial charge in [-0.2, -0.15) is 0 Å². The lowest BCUT2D eigenvalue weighted by Gasteiger charge is -2.39. The Labute approximate surface area is 188 Å². The molecule has 1 saturated heterocycles. The van der Waals surface area contributed by atoms with Crippen molar-refractivity contribution in [2.24, 2.45) is 0 Å². The van der Waals surface area contributed by atoms with E-state index in [0.29, 0.717) is 28.2 Å². The van der Waals surface area contributed by atoms with Gasteiger partial charge in [0.2, 0.25) is 11.7 Å². The van der Waals surface area contributed by atoms with Crippen LogP contribution in [0.4, 0.5) is 0 Å². The fourth-order valence-corrected chi connectivity index (χ4v) is 3.68. The van der Waals surface area contributed by atoms with Gasteiger partial charge in [-0.05, 0) is 17.7 Å². The van der Waals surface area contributed by atoms with Crippen molar-refractivity contribution in [2.45, 2.75) is 30.7 Å². The third-order valence-corrected chi connectivity index (χ3v) is 5.54. The normalized spacial score (nSPS) is 25.1. The Morgan fingerprint density at radius 3 is 2.30 bits per heavy atom. The second-order valence-electron chi connectivity index (χ2n) is 7.52. The van der Waals surface area contributed by atoms with Gasteiger partial charge in [-0.1, -0.05) is 12.1 Å². The van der Waals surface area contributed by atoms with Crippen LogP contribution in [0.5, 0.6) is 17.2 Å². The van der Waals surface area contributed by atoms with E-state index in [1.165, 1.54) is 20.5 Å². The highest BCUT2D eigenvalue weighted by atomic mass is 16.7. The number of fused-ring (bicyclic) bond motifs is 1. The minimum Gasteiger partial charge on any atom is -0.496 e. The summed E-state index contributed by atoms with van der Waals surface area (Å²) in [6, 6.07) is 9.53. The molecular formula is C23H24O10. The lowest BCUT2D eigenvalue weighted by Crippen LogP contribution is -2.60. The van der Waals surface area contributed by atoms with Crippen molar-refractivity contribution in [1.82, 2.24) is 0 Å². The van der Waals surface area contributed by atoms with Gasteiger partial charge in [-0.15, -0.1) is 0 Å². The van der Waals surface area contributed by atoms with Crippen LogP contribution in [0.15, 0.2) is 51.9 Å². The van der Waals surface area contributed by atoms with Gasteiger partial charge in [0.25, 0.3) is 0 Å². The number of hydrogen-bond acceptors (Lipinski definition) is 10. The maximum absolute atomic E-state index is 13.1. The van der Waals surface area contributed by atoms with E-state index in [-0.39, 0.29) is 16.6 Å². The molecule has 1 aromatic heterocycles. The van der Waals surface area contributed by atoms with Crippen molar-refractivity contribution in [3.05, 3.63) is 52.9 Å². The van der Waals surface area contributed by atoms with Crippen LogP contribution in [0.2, 0.25) is 0 Å². The molecule has 0 spiro atoms. The van der Waals surface area contributed by atoms with Crippen molar-refractivity contribution in [1.29, 1.82) is 0 Å². The maximum Gasteiger partial charge on any atom is 0.229 e. The third kappa shape index (κ3) is 4.26. The van der Waals surface area contributed by atoms with E-state index < -0.39 is 37.3 Å². The molecule has 0 radical (unpaired) electrons. The van der Waals surface area contributed by atoms with Crippen molar-refractivity contribution in [3.8, 4) is 28.4 Å². The number of benzene rings is 2. The standard InChI is InChI=1S/C23H24O10/c1-29-13-7-15(30-2)18-16(8-13)31-10-14(19(18)25)11-3-5-12(6-4-11)32-23-22(28)21(27)20(26)17(9-24)33-23/h3-8,10,17,20-24,26-28H,9H2,1-2H3/t17-,20+,21+,22+,23+/m0/s1. The minimum atomic E-state index is -1.55. The molecule has 4 rings (SSSR count). The molecule has 2 aromatic carbocycles. The van der Waals surface area contributed by atoms with E-state index in [1.807, 2.05) is 0 Å². The largest absolute Gasteiger partial charge is 0.496 e. The Morgan fingerprint density at radius 1 is 0.939 bits per heavy atom. The van der Waals surface area contributed by atoms with Gasteiger partial charge in [-0.3, -0.25) is 4.79 Å². The summed E-state index contributed by atoms with van der Waals surface area (Å²) in [6.45, 7) is -0.559. The summed E-state index contributed by atoms with van der Waals surface area (Å²) >= 11 is 0. The molecule has 1 aliphatic rings. The van der Waals surface area contributed by atoms with Crippen LogP contribution in [-0.4, -0.2) is 72.0 Å².